The van der Waals surface area contributed by atoms with Crippen molar-refractivity contribution in [3.8, 4) is 5.75 Å². The van der Waals surface area contributed by atoms with Crippen LogP contribution in [0.15, 0.2) is 6.20 Å². The van der Waals surface area contributed by atoms with Crippen LogP contribution in [0.1, 0.15) is 49.4 Å². The number of likely N-dealkylation sites (tertiary alicyclic amines) is 1. The van der Waals surface area contributed by atoms with Crippen molar-refractivity contribution < 1.29 is 14.3 Å². The van der Waals surface area contributed by atoms with Gasteiger partial charge in [-0.1, -0.05) is 6.92 Å². The minimum atomic E-state index is -0.336. The Labute approximate surface area is 150 Å². The minimum Gasteiger partial charge on any atom is -0.496 e. The second kappa shape index (κ2) is 8.32. The van der Waals surface area contributed by atoms with Gasteiger partial charge in [0.2, 0.25) is 11.8 Å². The zero-order valence-corrected chi connectivity index (χ0v) is 16.0. The van der Waals surface area contributed by atoms with Gasteiger partial charge in [0, 0.05) is 37.3 Å². The summed E-state index contributed by atoms with van der Waals surface area (Å²) in [5.41, 5.74) is 2.75. The summed E-state index contributed by atoms with van der Waals surface area (Å²) in [6.07, 6.45) is 4.70. The van der Waals surface area contributed by atoms with Gasteiger partial charge in [-0.2, -0.15) is 0 Å². The molecule has 0 bridgehead atoms. The topological polar surface area (TPSA) is 62.7 Å². The van der Waals surface area contributed by atoms with E-state index in [1.807, 2.05) is 20.8 Å². The van der Waals surface area contributed by atoms with Crippen LogP contribution in [0.4, 0.5) is 0 Å². The number of likely N-dealkylation sites (N-methyl/N-ethyl adjacent to an activating group) is 1. The molecule has 0 radical (unpaired) electrons. The highest BCUT2D eigenvalue weighted by atomic mass is 16.5. The quantitative estimate of drug-likeness (QED) is 0.793. The smallest absolute Gasteiger partial charge is 0.245 e. The van der Waals surface area contributed by atoms with Gasteiger partial charge in [0.15, 0.2) is 0 Å². The Morgan fingerprint density at radius 2 is 2.12 bits per heavy atom. The van der Waals surface area contributed by atoms with Crippen molar-refractivity contribution in [1.29, 1.82) is 0 Å². The summed E-state index contributed by atoms with van der Waals surface area (Å²) in [6, 6.07) is -0.336. The number of rotatable bonds is 6. The van der Waals surface area contributed by atoms with Crippen molar-refractivity contribution in [3.63, 3.8) is 0 Å². The Morgan fingerprint density at radius 3 is 2.76 bits per heavy atom. The van der Waals surface area contributed by atoms with Crippen molar-refractivity contribution in [1.82, 2.24) is 14.8 Å². The molecule has 1 saturated heterocycles. The van der Waals surface area contributed by atoms with Gasteiger partial charge < -0.3 is 14.5 Å². The van der Waals surface area contributed by atoms with Crippen LogP contribution in [0.5, 0.6) is 5.75 Å². The molecule has 25 heavy (non-hydrogen) atoms. The Morgan fingerprint density at radius 1 is 1.40 bits per heavy atom. The molecule has 0 saturated carbocycles. The molecule has 2 amide bonds. The maximum atomic E-state index is 12.9. The van der Waals surface area contributed by atoms with E-state index >= 15 is 0 Å². The lowest BCUT2D eigenvalue weighted by Gasteiger charge is -2.28. The minimum absolute atomic E-state index is 0.0114. The molecule has 0 aliphatic carbocycles. The number of carbonyl (C=O) groups excluding carboxylic acids is 2. The highest BCUT2D eigenvalue weighted by Gasteiger charge is 2.35. The van der Waals surface area contributed by atoms with E-state index in [0.29, 0.717) is 19.5 Å². The Balaban J connectivity index is 2.11. The molecule has 1 aromatic rings. The van der Waals surface area contributed by atoms with Gasteiger partial charge in [0.25, 0.3) is 0 Å². The molecule has 1 aromatic heterocycles. The van der Waals surface area contributed by atoms with Gasteiger partial charge in [0.05, 0.1) is 19.3 Å². The number of ether oxygens (including phenoxy) is 1. The third-order valence-electron chi connectivity index (χ3n) is 4.84. The molecule has 6 heteroatoms. The van der Waals surface area contributed by atoms with Crippen molar-refractivity contribution in [2.75, 3.05) is 20.7 Å². The molecule has 0 unspecified atom stereocenters. The number of hydrogen-bond acceptors (Lipinski definition) is 4. The first-order valence-electron chi connectivity index (χ1n) is 8.94. The molecule has 2 rings (SSSR count). The van der Waals surface area contributed by atoms with Gasteiger partial charge >= 0.3 is 0 Å². The monoisotopic (exact) mass is 347 g/mol. The van der Waals surface area contributed by atoms with E-state index in [1.165, 1.54) is 0 Å². The van der Waals surface area contributed by atoms with Crippen molar-refractivity contribution in [3.05, 3.63) is 23.0 Å². The van der Waals surface area contributed by atoms with Crippen LogP contribution in [0.25, 0.3) is 0 Å². The highest BCUT2D eigenvalue weighted by molar-refractivity contribution is 5.88. The van der Waals surface area contributed by atoms with E-state index in [2.05, 4.69) is 4.98 Å². The summed E-state index contributed by atoms with van der Waals surface area (Å²) < 4.78 is 5.44. The maximum Gasteiger partial charge on any atom is 0.245 e. The van der Waals surface area contributed by atoms with E-state index in [4.69, 9.17) is 4.74 Å². The molecular formula is C19H29N3O3. The fourth-order valence-electron chi connectivity index (χ4n) is 3.47. The van der Waals surface area contributed by atoms with Gasteiger partial charge in [-0.25, -0.2) is 0 Å². The van der Waals surface area contributed by atoms with Crippen LogP contribution in [-0.4, -0.2) is 53.3 Å². The van der Waals surface area contributed by atoms with Crippen LogP contribution in [0, 0.1) is 13.8 Å². The fourth-order valence-corrected chi connectivity index (χ4v) is 3.47. The van der Waals surface area contributed by atoms with Gasteiger partial charge in [-0.05, 0) is 33.1 Å². The molecular weight excluding hydrogens is 318 g/mol. The Hall–Kier alpha value is -2.11. The standard InChI is InChI=1S/C19H29N3O3/c1-6-8-17(23)22-10-7-9-16(22)19(24)21(4)12-15-14(3)18(25-5)13(2)11-20-15/h11,16H,6-10,12H2,1-5H3/t16-/m0/s1. The molecule has 1 aliphatic rings. The second-order valence-corrected chi connectivity index (χ2v) is 6.74. The number of carbonyl (C=O) groups is 2. The summed E-state index contributed by atoms with van der Waals surface area (Å²) in [5, 5.41) is 0. The van der Waals surface area contributed by atoms with E-state index in [-0.39, 0.29) is 17.9 Å². The maximum absolute atomic E-state index is 12.9. The van der Waals surface area contributed by atoms with E-state index < -0.39 is 0 Å². The number of hydrogen-bond donors (Lipinski definition) is 0. The molecule has 0 N–H and O–H groups in total. The van der Waals surface area contributed by atoms with Crippen LogP contribution in [-0.2, 0) is 16.1 Å². The summed E-state index contributed by atoms with van der Waals surface area (Å²) in [6.45, 7) is 6.98. The van der Waals surface area contributed by atoms with E-state index in [1.54, 1.807) is 30.2 Å². The number of nitrogens with zero attached hydrogens (tertiary/aromatic N) is 3. The summed E-state index contributed by atoms with van der Waals surface area (Å²) in [7, 11) is 3.42. The third kappa shape index (κ3) is 4.11. The summed E-state index contributed by atoms with van der Waals surface area (Å²) >= 11 is 0. The average molecular weight is 347 g/mol. The predicted octanol–water partition coefficient (Wildman–Crippen LogP) is 2.46. The fraction of sp³-hybridized carbons (Fsp3) is 0.632. The molecule has 0 aromatic carbocycles. The predicted molar refractivity (Wildman–Crippen MR) is 96.4 cm³/mol. The molecule has 2 heterocycles. The number of amides is 2. The third-order valence-corrected chi connectivity index (χ3v) is 4.84. The van der Waals surface area contributed by atoms with Gasteiger partial charge in [-0.15, -0.1) is 0 Å². The molecule has 138 valence electrons. The normalized spacial score (nSPS) is 16.8. The van der Waals surface area contributed by atoms with Crippen molar-refractivity contribution >= 4 is 11.8 Å². The number of pyridine rings is 1. The van der Waals surface area contributed by atoms with E-state index in [0.717, 1.165) is 41.8 Å². The van der Waals surface area contributed by atoms with Crippen molar-refractivity contribution in [2.24, 2.45) is 0 Å². The SMILES string of the molecule is CCCC(=O)N1CCC[C@H]1C(=O)N(C)Cc1ncc(C)c(OC)c1C. The number of aromatic nitrogens is 1. The van der Waals surface area contributed by atoms with Gasteiger partial charge in [-0.3, -0.25) is 14.6 Å². The van der Waals surface area contributed by atoms with Crippen LogP contribution in [0.3, 0.4) is 0 Å². The van der Waals surface area contributed by atoms with Crippen molar-refractivity contribution in [2.45, 2.75) is 59.0 Å². The molecule has 1 fully saturated rings. The molecule has 6 nitrogen and oxygen atoms in total. The summed E-state index contributed by atoms with van der Waals surface area (Å²) in [4.78, 5) is 33.0. The van der Waals surface area contributed by atoms with Gasteiger partial charge in [0.1, 0.15) is 11.8 Å². The first-order valence-corrected chi connectivity index (χ1v) is 8.94. The van der Waals surface area contributed by atoms with Crippen LogP contribution >= 0.6 is 0 Å². The Kier molecular flexibility index (Phi) is 6.39. The zero-order valence-electron chi connectivity index (χ0n) is 16.0. The van der Waals surface area contributed by atoms with Crippen LogP contribution < -0.4 is 4.74 Å². The lowest BCUT2D eigenvalue weighted by atomic mass is 10.1. The Bertz CT molecular complexity index is 645. The number of aryl methyl sites for hydroxylation is 1. The lowest BCUT2D eigenvalue weighted by molar-refractivity contribution is -0.143. The first-order chi connectivity index (χ1) is 11.9. The van der Waals surface area contributed by atoms with Crippen LogP contribution in [0.2, 0.25) is 0 Å². The largest absolute Gasteiger partial charge is 0.496 e. The molecule has 0 spiro atoms. The molecule has 1 atom stereocenters. The lowest BCUT2D eigenvalue weighted by Crippen LogP contribution is -2.46. The molecule has 1 aliphatic heterocycles. The zero-order chi connectivity index (χ0) is 18.6. The second-order valence-electron chi connectivity index (χ2n) is 6.74. The first kappa shape index (κ1) is 19.2. The van der Waals surface area contributed by atoms with E-state index in [9.17, 15) is 9.59 Å². The number of methoxy groups -OCH3 is 1. The highest BCUT2D eigenvalue weighted by Crippen LogP contribution is 2.26. The summed E-state index contributed by atoms with van der Waals surface area (Å²) in [5.74, 6) is 0.882. The average Bonchev–Trinajstić information content (AvgIpc) is 3.07.